The van der Waals surface area contributed by atoms with Crippen molar-refractivity contribution in [3.8, 4) is 0 Å². The molecule has 5 N–H and O–H groups in total. The average molecular weight is 350 g/mol. The van der Waals surface area contributed by atoms with Gasteiger partial charge in [0.2, 0.25) is 0 Å². The van der Waals surface area contributed by atoms with Crippen LogP contribution in [-0.2, 0) is 16.0 Å². The van der Waals surface area contributed by atoms with Crippen LogP contribution in [-0.4, -0.2) is 29.3 Å². The number of H-pyrrole nitrogens is 1. The monoisotopic (exact) mass is 350 g/mol. The van der Waals surface area contributed by atoms with Gasteiger partial charge in [-0.25, -0.2) is 0 Å². The zero-order chi connectivity index (χ0) is 18.5. The van der Waals surface area contributed by atoms with Gasteiger partial charge in [-0.3, -0.25) is 14.4 Å². The highest BCUT2D eigenvalue weighted by Crippen LogP contribution is 2.17. The van der Waals surface area contributed by atoms with Crippen LogP contribution in [0.4, 0.5) is 5.69 Å². The van der Waals surface area contributed by atoms with E-state index in [-0.39, 0.29) is 11.3 Å². The Balaban J connectivity index is 1.57. The molecule has 3 rings (SSSR count). The fraction of sp³-hybridized carbons (Fsp3) is 0.105. The maximum atomic E-state index is 12.0. The zero-order valence-electron chi connectivity index (χ0n) is 13.9. The van der Waals surface area contributed by atoms with Crippen molar-refractivity contribution in [1.82, 2.24) is 10.3 Å². The second-order valence-electron chi connectivity index (χ2n) is 5.73. The van der Waals surface area contributed by atoms with Crippen molar-refractivity contribution in [3.63, 3.8) is 0 Å². The van der Waals surface area contributed by atoms with Crippen LogP contribution in [0.1, 0.15) is 15.9 Å². The molecule has 0 fully saturated rings. The van der Waals surface area contributed by atoms with E-state index in [9.17, 15) is 14.4 Å². The third kappa shape index (κ3) is 3.72. The molecule has 3 amide bonds. The molecular weight excluding hydrogens is 332 g/mol. The molecule has 132 valence electrons. The number of carbonyl (C=O) groups excluding carboxylic acids is 3. The number of aromatic amines is 1. The Morgan fingerprint density at radius 1 is 0.962 bits per heavy atom. The molecule has 0 saturated carbocycles. The summed E-state index contributed by atoms with van der Waals surface area (Å²) in [6, 6.07) is 14.1. The zero-order valence-corrected chi connectivity index (χ0v) is 13.9. The molecule has 3 aromatic rings. The lowest BCUT2D eigenvalue weighted by atomic mass is 10.1. The molecule has 0 aliphatic rings. The summed E-state index contributed by atoms with van der Waals surface area (Å²) in [5, 5.41) is 6.07. The third-order valence-corrected chi connectivity index (χ3v) is 4.00. The number of rotatable bonds is 5. The highest BCUT2D eigenvalue weighted by atomic mass is 16.2. The first-order valence-corrected chi connectivity index (χ1v) is 8.09. The van der Waals surface area contributed by atoms with Crippen molar-refractivity contribution in [2.24, 2.45) is 5.73 Å². The van der Waals surface area contributed by atoms with Crippen molar-refractivity contribution in [3.05, 3.63) is 65.9 Å². The summed E-state index contributed by atoms with van der Waals surface area (Å²) in [4.78, 5) is 38.5. The quantitative estimate of drug-likeness (QED) is 0.523. The van der Waals surface area contributed by atoms with Crippen LogP contribution in [0.5, 0.6) is 0 Å². The molecule has 0 unspecified atom stereocenters. The molecule has 26 heavy (non-hydrogen) atoms. The number of fused-ring (bicyclic) bond motifs is 1. The minimum atomic E-state index is -0.849. The van der Waals surface area contributed by atoms with Crippen molar-refractivity contribution in [1.29, 1.82) is 0 Å². The van der Waals surface area contributed by atoms with Gasteiger partial charge in [0.25, 0.3) is 5.91 Å². The van der Waals surface area contributed by atoms with E-state index in [1.54, 1.807) is 12.1 Å². The maximum absolute atomic E-state index is 12.0. The van der Waals surface area contributed by atoms with Crippen LogP contribution in [0.2, 0.25) is 0 Å². The summed E-state index contributed by atoms with van der Waals surface area (Å²) in [5.41, 5.74) is 7.68. The first kappa shape index (κ1) is 17.2. The number of nitrogens with one attached hydrogen (secondary N) is 3. The van der Waals surface area contributed by atoms with E-state index in [0.717, 1.165) is 16.5 Å². The van der Waals surface area contributed by atoms with E-state index < -0.39 is 17.7 Å². The van der Waals surface area contributed by atoms with Crippen LogP contribution in [0.25, 0.3) is 10.9 Å². The second-order valence-corrected chi connectivity index (χ2v) is 5.73. The normalized spacial score (nSPS) is 10.5. The number of aromatic nitrogens is 1. The summed E-state index contributed by atoms with van der Waals surface area (Å²) < 4.78 is 0. The largest absolute Gasteiger partial charge is 0.366 e. The average Bonchev–Trinajstić information content (AvgIpc) is 3.05. The Bertz CT molecular complexity index is 978. The van der Waals surface area contributed by atoms with E-state index in [1.165, 1.54) is 12.1 Å². The predicted molar refractivity (Wildman–Crippen MR) is 98.6 cm³/mol. The summed E-state index contributed by atoms with van der Waals surface area (Å²) in [6.45, 7) is 0.311. The SMILES string of the molecule is NC(=O)c1ccccc1NC(=O)C(=O)NCCc1c[nH]c2ccccc12. The fourth-order valence-electron chi connectivity index (χ4n) is 2.72. The number of benzene rings is 2. The summed E-state index contributed by atoms with van der Waals surface area (Å²) in [7, 11) is 0. The van der Waals surface area contributed by atoms with Gasteiger partial charge in [0.05, 0.1) is 11.3 Å². The Hall–Kier alpha value is -3.61. The number of primary amides is 1. The summed E-state index contributed by atoms with van der Waals surface area (Å²) in [5.74, 6) is -2.30. The predicted octanol–water partition coefficient (Wildman–Crippen LogP) is 1.56. The lowest BCUT2D eigenvalue weighted by molar-refractivity contribution is -0.136. The molecule has 0 spiro atoms. The first-order chi connectivity index (χ1) is 12.6. The summed E-state index contributed by atoms with van der Waals surface area (Å²) in [6.07, 6.45) is 2.47. The number of anilines is 1. The van der Waals surface area contributed by atoms with Crippen LogP contribution >= 0.6 is 0 Å². The molecule has 1 aromatic heterocycles. The Labute approximate surface area is 149 Å². The molecule has 0 bridgehead atoms. The molecule has 7 heteroatoms. The van der Waals surface area contributed by atoms with Gasteiger partial charge < -0.3 is 21.4 Å². The first-order valence-electron chi connectivity index (χ1n) is 8.09. The molecule has 0 radical (unpaired) electrons. The van der Waals surface area contributed by atoms with Gasteiger partial charge in [-0.05, 0) is 30.2 Å². The second kappa shape index (κ2) is 7.52. The van der Waals surface area contributed by atoms with Crippen molar-refractivity contribution >= 4 is 34.3 Å². The smallest absolute Gasteiger partial charge is 0.313 e. The van der Waals surface area contributed by atoms with E-state index in [0.29, 0.717) is 13.0 Å². The Kier molecular flexibility index (Phi) is 4.98. The van der Waals surface area contributed by atoms with E-state index in [4.69, 9.17) is 5.73 Å². The number of hydrogen-bond acceptors (Lipinski definition) is 3. The molecule has 0 saturated heterocycles. The van der Waals surface area contributed by atoms with E-state index in [1.807, 2.05) is 30.5 Å². The van der Waals surface area contributed by atoms with Gasteiger partial charge >= 0.3 is 11.8 Å². The molecule has 0 atom stereocenters. The minimum Gasteiger partial charge on any atom is -0.366 e. The number of nitrogens with two attached hydrogens (primary N) is 1. The van der Waals surface area contributed by atoms with Crippen molar-refractivity contribution < 1.29 is 14.4 Å². The lowest BCUT2D eigenvalue weighted by Crippen LogP contribution is -2.36. The minimum absolute atomic E-state index is 0.146. The van der Waals surface area contributed by atoms with Crippen molar-refractivity contribution in [2.45, 2.75) is 6.42 Å². The van der Waals surface area contributed by atoms with Crippen LogP contribution in [0.3, 0.4) is 0 Å². The van der Waals surface area contributed by atoms with Crippen molar-refractivity contribution in [2.75, 3.05) is 11.9 Å². The molecule has 1 heterocycles. The number of carbonyl (C=O) groups is 3. The van der Waals surface area contributed by atoms with Gasteiger partial charge in [-0.15, -0.1) is 0 Å². The highest BCUT2D eigenvalue weighted by Gasteiger charge is 2.16. The fourth-order valence-corrected chi connectivity index (χ4v) is 2.72. The Morgan fingerprint density at radius 2 is 1.69 bits per heavy atom. The van der Waals surface area contributed by atoms with E-state index >= 15 is 0 Å². The highest BCUT2D eigenvalue weighted by molar-refractivity contribution is 6.40. The number of hydrogen-bond donors (Lipinski definition) is 4. The molecule has 0 aliphatic heterocycles. The molecule has 2 aromatic carbocycles. The topological polar surface area (TPSA) is 117 Å². The van der Waals surface area contributed by atoms with Crippen LogP contribution < -0.4 is 16.4 Å². The Morgan fingerprint density at radius 3 is 2.50 bits per heavy atom. The third-order valence-electron chi connectivity index (χ3n) is 4.00. The standard InChI is InChI=1S/C19H18N4O3/c20-17(24)14-6-2-4-8-16(14)23-19(26)18(25)21-10-9-12-11-22-15-7-3-1-5-13(12)15/h1-8,11,22H,9-10H2,(H2,20,24)(H,21,25)(H,23,26). The maximum Gasteiger partial charge on any atom is 0.313 e. The van der Waals surface area contributed by atoms with Gasteiger partial charge in [0.15, 0.2) is 0 Å². The van der Waals surface area contributed by atoms with Crippen LogP contribution in [0.15, 0.2) is 54.7 Å². The lowest BCUT2D eigenvalue weighted by Gasteiger charge is -2.09. The number of amides is 3. The molecule has 0 aliphatic carbocycles. The summed E-state index contributed by atoms with van der Waals surface area (Å²) >= 11 is 0. The number of para-hydroxylation sites is 2. The van der Waals surface area contributed by atoms with E-state index in [2.05, 4.69) is 15.6 Å². The van der Waals surface area contributed by atoms with Gasteiger partial charge in [-0.2, -0.15) is 0 Å². The van der Waals surface area contributed by atoms with Gasteiger partial charge in [0, 0.05) is 23.6 Å². The van der Waals surface area contributed by atoms with Gasteiger partial charge in [0.1, 0.15) is 0 Å². The van der Waals surface area contributed by atoms with Crippen LogP contribution in [0, 0.1) is 0 Å². The molecule has 7 nitrogen and oxygen atoms in total. The molecular formula is C19H18N4O3. The van der Waals surface area contributed by atoms with Gasteiger partial charge in [-0.1, -0.05) is 30.3 Å².